The monoisotopic (exact) mass is 362 g/mol. The minimum atomic E-state index is -1.44. The molecule has 0 heterocycles. The Hall–Kier alpha value is -2.36. The molecular weight excluding hydrogens is 332 g/mol. The van der Waals surface area contributed by atoms with Gasteiger partial charge in [0.05, 0.1) is 11.9 Å². The molecule has 0 rings (SSSR count). The number of carbonyl (C=O) groups excluding carboxylic acids is 4. The van der Waals surface area contributed by atoms with E-state index in [1.54, 1.807) is 0 Å². The smallest absolute Gasteiger partial charge is 0.0582 e. The maximum atomic E-state index is 9.86. The largest absolute Gasteiger partial charge is 0.550 e. The predicted octanol–water partition coefficient (Wildman–Crippen LogP) is -5.31. The van der Waals surface area contributed by atoms with E-state index in [2.05, 4.69) is 0 Å². The lowest BCUT2D eigenvalue weighted by atomic mass is 10.2. The second-order valence-electron chi connectivity index (χ2n) is 3.67. The van der Waals surface area contributed by atoms with Gasteiger partial charge in [0.15, 0.2) is 0 Å². The summed E-state index contributed by atoms with van der Waals surface area (Å²) in [5, 5.41) is 39.2. The fourth-order valence-corrected chi connectivity index (χ4v) is 0.782. The molecule has 14 nitrogen and oxygen atoms in total. The zero-order valence-electron chi connectivity index (χ0n) is 14.4. The Kier molecular flexibility index (Phi) is 32.4. The van der Waals surface area contributed by atoms with E-state index in [9.17, 15) is 39.6 Å². The van der Waals surface area contributed by atoms with Crippen LogP contribution in [0.4, 0.5) is 0 Å². The van der Waals surface area contributed by atoms with Crippen LogP contribution in [0.1, 0.15) is 25.7 Å². The highest BCUT2D eigenvalue weighted by atomic mass is 16.4. The number of rotatable bonds is 8. The molecule has 0 aromatic heterocycles. The second-order valence-corrected chi connectivity index (χ2v) is 3.67. The molecule has 0 aliphatic heterocycles. The van der Waals surface area contributed by atoms with Gasteiger partial charge in [0, 0.05) is 24.0 Å². The van der Waals surface area contributed by atoms with Gasteiger partial charge >= 0.3 is 0 Å². The van der Waals surface area contributed by atoms with Crippen LogP contribution in [-0.4, -0.2) is 36.0 Å². The van der Waals surface area contributed by atoms with Crippen LogP contribution >= 0.6 is 0 Å². The van der Waals surface area contributed by atoms with Crippen molar-refractivity contribution in [2.24, 2.45) is 11.5 Å². The third-order valence-electron chi connectivity index (χ3n) is 1.92. The van der Waals surface area contributed by atoms with Crippen molar-refractivity contribution in [2.45, 2.75) is 37.8 Å². The van der Waals surface area contributed by atoms with Crippen molar-refractivity contribution in [3.05, 3.63) is 0 Å². The first-order valence-electron chi connectivity index (χ1n) is 5.40. The van der Waals surface area contributed by atoms with E-state index in [0.717, 1.165) is 0 Å². The molecule has 0 aliphatic rings. The molecule has 20 N–H and O–H groups in total. The van der Waals surface area contributed by atoms with Crippen molar-refractivity contribution in [1.82, 2.24) is 24.6 Å². The molecule has 14 heteroatoms. The first kappa shape index (κ1) is 37.7. The number of carboxylic acids is 4. The van der Waals surface area contributed by atoms with Gasteiger partial charge in [-0.25, -0.2) is 0 Å². The van der Waals surface area contributed by atoms with Gasteiger partial charge in [-0.15, -0.1) is 0 Å². The van der Waals surface area contributed by atoms with E-state index in [0.29, 0.717) is 0 Å². The highest BCUT2D eigenvalue weighted by Crippen LogP contribution is 1.91. The highest BCUT2D eigenvalue weighted by Gasteiger charge is 2.02. The summed E-state index contributed by atoms with van der Waals surface area (Å²) in [4.78, 5) is 39.2. The van der Waals surface area contributed by atoms with Gasteiger partial charge < -0.3 is 75.7 Å². The van der Waals surface area contributed by atoms with Crippen molar-refractivity contribution >= 4 is 23.9 Å². The van der Waals surface area contributed by atoms with Crippen molar-refractivity contribution in [2.75, 3.05) is 0 Å². The molecule has 2 atom stereocenters. The van der Waals surface area contributed by atoms with Crippen LogP contribution in [0.15, 0.2) is 0 Å². The summed E-state index contributed by atoms with van der Waals surface area (Å²) in [5.74, 6) is -5.50. The molecule has 0 aromatic carbocycles. The van der Waals surface area contributed by atoms with Gasteiger partial charge in [-0.1, -0.05) is 0 Å². The summed E-state index contributed by atoms with van der Waals surface area (Å²) in [5.41, 5.74) is 9.82. The Labute approximate surface area is 138 Å². The average Bonchev–Trinajstić information content (AvgIpc) is 2.33. The zero-order valence-corrected chi connectivity index (χ0v) is 14.4. The van der Waals surface area contributed by atoms with Crippen molar-refractivity contribution in [1.29, 1.82) is 0 Å². The van der Waals surface area contributed by atoms with E-state index in [-0.39, 0.29) is 50.3 Å². The second kappa shape index (κ2) is 20.6. The average molecular weight is 362 g/mol. The standard InChI is InChI=1S/2C5H9NO4.4H3N/c2*6-3(5(9)10)1-2-4(7)8;;;;/h2*3H,1-2,6H2,(H,7,8)(H,9,10);4*1H3/t2*3-;;;;/m00..../s1. The number of hydrogen-bond donors (Lipinski definition) is 6. The Balaban J connectivity index is -0.0000000579. The molecule has 0 aromatic rings. The Bertz CT molecular complexity index is 333. The molecule has 0 aliphatic carbocycles. The van der Waals surface area contributed by atoms with Gasteiger partial charge in [0.1, 0.15) is 0 Å². The summed E-state index contributed by atoms with van der Waals surface area (Å²) in [6, 6.07) is -2.42. The van der Waals surface area contributed by atoms with Crippen molar-refractivity contribution in [3.8, 4) is 0 Å². The van der Waals surface area contributed by atoms with Crippen LogP contribution in [0, 0.1) is 0 Å². The third kappa shape index (κ3) is 27.9. The Morgan fingerprint density at radius 1 is 0.625 bits per heavy atom. The molecule has 148 valence electrons. The van der Waals surface area contributed by atoms with Gasteiger partial charge in [0.2, 0.25) is 0 Å². The van der Waals surface area contributed by atoms with Crippen LogP contribution in [-0.2, 0) is 19.2 Å². The van der Waals surface area contributed by atoms with E-state index in [4.69, 9.17) is 11.5 Å². The van der Waals surface area contributed by atoms with Crippen molar-refractivity contribution in [3.63, 3.8) is 0 Å². The normalized spacial score (nSPS) is 10.4. The first-order valence-corrected chi connectivity index (χ1v) is 5.40. The number of carboxylic acid groups (broad SMARTS) is 4. The molecule has 0 saturated heterocycles. The van der Waals surface area contributed by atoms with Crippen molar-refractivity contribution < 1.29 is 39.6 Å². The molecule has 0 saturated carbocycles. The number of quaternary nitrogens is 4. The quantitative estimate of drug-likeness (QED) is 0.238. The summed E-state index contributed by atoms with van der Waals surface area (Å²) in [6.45, 7) is 0. The lowest BCUT2D eigenvalue weighted by Crippen LogP contribution is -2.42. The number of aliphatic carboxylic acids is 4. The molecule has 0 spiro atoms. The Morgan fingerprint density at radius 2 is 0.833 bits per heavy atom. The topological polar surface area (TPSA) is 359 Å². The molecule has 0 radical (unpaired) electrons. The van der Waals surface area contributed by atoms with Crippen LogP contribution in [0.3, 0.4) is 0 Å². The number of hydrogen-bond acceptors (Lipinski definition) is 10. The van der Waals surface area contributed by atoms with Crippen LogP contribution in [0.25, 0.3) is 0 Å². The zero-order chi connectivity index (χ0) is 16.3. The lowest BCUT2D eigenvalue weighted by molar-refractivity contribution is -0.311. The van der Waals surface area contributed by atoms with Gasteiger partial charge in [-0.3, -0.25) is 0 Å². The van der Waals surface area contributed by atoms with E-state index in [1.807, 2.05) is 0 Å². The molecule has 0 amide bonds. The first-order chi connectivity index (χ1) is 9.07. The Morgan fingerprint density at radius 3 is 0.958 bits per heavy atom. The van der Waals surface area contributed by atoms with E-state index >= 15 is 0 Å². The minimum Gasteiger partial charge on any atom is -0.550 e. The fourth-order valence-electron chi connectivity index (χ4n) is 0.782. The lowest BCUT2D eigenvalue weighted by Gasteiger charge is -2.11. The van der Waals surface area contributed by atoms with E-state index < -0.39 is 36.0 Å². The maximum absolute atomic E-state index is 9.86. The molecule has 0 fully saturated rings. The highest BCUT2D eigenvalue weighted by molar-refractivity contribution is 5.72. The summed E-state index contributed by atoms with van der Waals surface area (Å²) < 4.78 is 0. The van der Waals surface area contributed by atoms with Crippen LogP contribution in [0.5, 0.6) is 0 Å². The van der Waals surface area contributed by atoms with E-state index in [1.165, 1.54) is 0 Å². The molecule has 24 heavy (non-hydrogen) atoms. The molecular formula is C10H30N6O8. The summed E-state index contributed by atoms with van der Waals surface area (Å²) in [7, 11) is 0. The third-order valence-corrected chi connectivity index (χ3v) is 1.92. The number of carbonyl (C=O) groups is 4. The maximum Gasteiger partial charge on any atom is 0.0582 e. The van der Waals surface area contributed by atoms with Gasteiger partial charge in [-0.05, 0) is 25.7 Å². The minimum absolute atomic E-state index is 0. The fraction of sp³-hybridized carbons (Fsp3) is 0.600. The summed E-state index contributed by atoms with van der Waals surface area (Å²) >= 11 is 0. The predicted molar refractivity (Wildman–Crippen MR) is 78.4 cm³/mol. The SMILES string of the molecule is N[C@@H](CCC(=O)[O-])C(=O)[O-].N[C@@H](CCC(=O)[O-])C(=O)[O-].[NH4+].[NH4+].[NH4+].[NH4+]. The summed E-state index contributed by atoms with van der Waals surface area (Å²) in [6.07, 6.45) is -1.00. The van der Waals surface area contributed by atoms with Crippen LogP contribution < -0.4 is 56.5 Å². The van der Waals surface area contributed by atoms with Gasteiger partial charge in [0.25, 0.3) is 0 Å². The molecule has 0 unspecified atom stereocenters. The number of nitrogens with two attached hydrogens (primary N) is 2. The van der Waals surface area contributed by atoms with Gasteiger partial charge in [-0.2, -0.15) is 0 Å². The van der Waals surface area contributed by atoms with Crippen LogP contribution in [0.2, 0.25) is 0 Å². The molecule has 0 bridgehead atoms.